The molecule has 5 nitrogen and oxygen atoms in total. The second kappa shape index (κ2) is 6.50. The number of aryl methyl sites for hydroxylation is 1. The van der Waals surface area contributed by atoms with Crippen LogP contribution in [0.4, 0.5) is 0 Å². The van der Waals surface area contributed by atoms with Crippen LogP contribution < -0.4 is 4.57 Å². The minimum absolute atomic E-state index is 0. The van der Waals surface area contributed by atoms with E-state index in [1.54, 1.807) is 37.3 Å². The van der Waals surface area contributed by atoms with E-state index in [-0.39, 0.29) is 29.5 Å². The van der Waals surface area contributed by atoms with Gasteiger partial charge in [0, 0.05) is 23.5 Å². The van der Waals surface area contributed by atoms with Crippen LogP contribution in [-0.4, -0.2) is 17.5 Å². The van der Waals surface area contributed by atoms with Crippen LogP contribution in [0.1, 0.15) is 18.7 Å². The minimum Gasteiger partial charge on any atom is -0.282 e. The molecule has 0 saturated heterocycles. The minimum atomic E-state index is -4.01. The molecule has 1 aromatic rings. The first-order valence-electron chi connectivity index (χ1n) is 3.94. The fourth-order valence-electron chi connectivity index (χ4n) is 1.22. The molecule has 0 aliphatic heterocycles. The standard InChI is InChI=1S/C7H12N2O3S.ClH.Cu/c1-3-7(13(10,11)12)9-5-4-8(2)6-9;;/h4-7H,3H2,1-2H3;1H;/p+1. The summed E-state index contributed by atoms with van der Waals surface area (Å²) in [6.45, 7) is 1.71. The number of aromatic nitrogens is 2. The molecule has 0 aliphatic carbocycles. The summed E-state index contributed by atoms with van der Waals surface area (Å²) in [5.74, 6) is 0. The van der Waals surface area contributed by atoms with E-state index in [9.17, 15) is 8.42 Å². The summed E-state index contributed by atoms with van der Waals surface area (Å²) in [5, 5.41) is -0.881. The van der Waals surface area contributed by atoms with Gasteiger partial charge in [-0.1, -0.05) is 6.92 Å². The van der Waals surface area contributed by atoms with Crippen LogP contribution in [0.25, 0.3) is 0 Å². The van der Waals surface area contributed by atoms with Gasteiger partial charge in [0.2, 0.25) is 11.7 Å². The Morgan fingerprint density at radius 1 is 1.53 bits per heavy atom. The number of hydrogen-bond acceptors (Lipinski definition) is 2. The molecule has 0 saturated carbocycles. The second-order valence-electron chi connectivity index (χ2n) is 2.90. The predicted octanol–water partition coefficient (Wildman–Crippen LogP) is 0.528. The quantitative estimate of drug-likeness (QED) is 0.503. The van der Waals surface area contributed by atoms with Crippen LogP contribution in [-0.2, 0) is 34.2 Å². The summed E-state index contributed by atoms with van der Waals surface area (Å²) in [6, 6.07) is 0. The van der Waals surface area contributed by atoms with E-state index in [1.165, 1.54) is 4.57 Å². The molecule has 1 heterocycles. The molecule has 0 amide bonds. The van der Waals surface area contributed by atoms with Crippen molar-refractivity contribution in [2.75, 3.05) is 0 Å². The molecular weight excluding hydrogens is 291 g/mol. The fourth-order valence-corrected chi connectivity index (χ4v) is 2.07. The van der Waals surface area contributed by atoms with Crippen molar-refractivity contribution in [2.45, 2.75) is 18.7 Å². The molecule has 1 N–H and O–H groups in total. The Morgan fingerprint density at radius 3 is 2.33 bits per heavy atom. The van der Waals surface area contributed by atoms with Crippen LogP contribution in [0, 0.1) is 0 Å². The summed E-state index contributed by atoms with van der Waals surface area (Å²) in [4.78, 5) is 0. The normalized spacial score (nSPS) is 12.5. The van der Waals surface area contributed by atoms with Crippen LogP contribution in [0.5, 0.6) is 0 Å². The molecule has 15 heavy (non-hydrogen) atoms. The Bertz CT molecular complexity index is 393. The molecule has 0 aromatic carbocycles. The third kappa shape index (κ3) is 4.53. The van der Waals surface area contributed by atoms with Gasteiger partial charge in [0.25, 0.3) is 0 Å². The SMILES string of the molecule is CCC([n+]1ccn(C)c1)S(=O)(=O)O.Cl.[Cu]. The molecule has 0 aliphatic rings. The smallest absolute Gasteiger partial charge is 0.282 e. The Balaban J connectivity index is 0. The average Bonchev–Trinajstić information content (AvgIpc) is 2.34. The van der Waals surface area contributed by atoms with E-state index in [1.807, 2.05) is 0 Å². The van der Waals surface area contributed by atoms with Gasteiger partial charge in [0.05, 0.1) is 7.05 Å². The average molecular weight is 305 g/mol. The van der Waals surface area contributed by atoms with Crippen molar-refractivity contribution < 1.29 is 34.6 Å². The number of hydrogen-bond donors (Lipinski definition) is 1. The summed E-state index contributed by atoms with van der Waals surface area (Å²) < 4.78 is 33.9. The van der Waals surface area contributed by atoms with E-state index >= 15 is 0 Å². The van der Waals surface area contributed by atoms with Gasteiger partial charge in [-0.2, -0.15) is 8.42 Å². The maximum atomic E-state index is 10.9. The van der Waals surface area contributed by atoms with E-state index in [0.29, 0.717) is 6.42 Å². The first-order valence-corrected chi connectivity index (χ1v) is 5.44. The maximum Gasteiger partial charge on any atom is 0.307 e. The summed E-state index contributed by atoms with van der Waals surface area (Å²) in [7, 11) is -2.22. The molecule has 1 rings (SSSR count). The van der Waals surface area contributed by atoms with Gasteiger partial charge in [-0.05, 0) is 0 Å². The third-order valence-corrected chi connectivity index (χ3v) is 3.08. The monoisotopic (exact) mass is 304 g/mol. The third-order valence-electron chi connectivity index (χ3n) is 1.82. The van der Waals surface area contributed by atoms with Crippen LogP contribution in [0.3, 0.4) is 0 Å². The predicted molar refractivity (Wildman–Crippen MR) is 53.7 cm³/mol. The molecule has 0 spiro atoms. The van der Waals surface area contributed by atoms with Crippen LogP contribution >= 0.6 is 12.4 Å². The zero-order valence-corrected chi connectivity index (χ0v) is 10.9. The summed E-state index contributed by atoms with van der Waals surface area (Å²) >= 11 is 0. The topological polar surface area (TPSA) is 63.2 Å². The Morgan fingerprint density at radius 2 is 2.07 bits per heavy atom. The van der Waals surface area contributed by atoms with Crippen molar-refractivity contribution in [3.63, 3.8) is 0 Å². The molecule has 0 bridgehead atoms. The van der Waals surface area contributed by atoms with Gasteiger partial charge < -0.3 is 0 Å². The van der Waals surface area contributed by atoms with E-state index in [2.05, 4.69) is 0 Å². The van der Waals surface area contributed by atoms with Crippen molar-refractivity contribution in [1.82, 2.24) is 4.57 Å². The fraction of sp³-hybridized carbons (Fsp3) is 0.571. The first kappa shape index (κ1) is 17.3. The number of imidazole rings is 1. The van der Waals surface area contributed by atoms with Gasteiger partial charge in [-0.25, -0.2) is 9.13 Å². The Kier molecular flexibility index (Phi) is 7.51. The zero-order chi connectivity index (χ0) is 10.1. The molecule has 8 heteroatoms. The first-order chi connectivity index (χ1) is 5.95. The Labute approximate surface area is 106 Å². The van der Waals surface area contributed by atoms with E-state index in [0.717, 1.165) is 0 Å². The summed E-state index contributed by atoms with van der Waals surface area (Å²) in [5.41, 5.74) is 0. The van der Waals surface area contributed by atoms with Gasteiger partial charge in [-0.15, -0.1) is 12.4 Å². The molecule has 1 aromatic heterocycles. The van der Waals surface area contributed by atoms with Crippen LogP contribution in [0.15, 0.2) is 18.7 Å². The summed E-state index contributed by atoms with van der Waals surface area (Å²) in [6.07, 6.45) is 5.28. The van der Waals surface area contributed by atoms with E-state index < -0.39 is 15.5 Å². The number of rotatable bonds is 3. The van der Waals surface area contributed by atoms with Gasteiger partial charge in [0.1, 0.15) is 12.4 Å². The number of halogens is 1. The molecule has 93 valence electrons. The Hall–Kier alpha value is -0.0705. The van der Waals surface area contributed by atoms with Crippen molar-refractivity contribution in [1.29, 1.82) is 0 Å². The van der Waals surface area contributed by atoms with Crippen molar-refractivity contribution in [2.24, 2.45) is 7.05 Å². The van der Waals surface area contributed by atoms with Crippen LogP contribution in [0.2, 0.25) is 0 Å². The molecular formula is C7H14ClCuN2O3S+. The zero-order valence-electron chi connectivity index (χ0n) is 8.29. The second-order valence-corrected chi connectivity index (χ2v) is 4.48. The molecule has 0 fully saturated rings. The van der Waals surface area contributed by atoms with Gasteiger partial charge in [-0.3, -0.25) is 4.55 Å². The maximum absolute atomic E-state index is 10.9. The molecule has 1 radical (unpaired) electrons. The van der Waals surface area contributed by atoms with E-state index in [4.69, 9.17) is 4.55 Å². The number of nitrogens with zero attached hydrogens (tertiary/aromatic N) is 2. The van der Waals surface area contributed by atoms with Gasteiger partial charge in [0.15, 0.2) is 0 Å². The molecule has 1 unspecified atom stereocenters. The molecule has 1 atom stereocenters. The van der Waals surface area contributed by atoms with Crippen molar-refractivity contribution in [3.05, 3.63) is 18.7 Å². The van der Waals surface area contributed by atoms with Crippen molar-refractivity contribution in [3.8, 4) is 0 Å². The van der Waals surface area contributed by atoms with Crippen molar-refractivity contribution >= 4 is 22.5 Å². The van der Waals surface area contributed by atoms with Gasteiger partial charge >= 0.3 is 10.1 Å². The largest absolute Gasteiger partial charge is 0.307 e.